The van der Waals surface area contributed by atoms with Gasteiger partial charge in [-0.25, -0.2) is 4.79 Å². The molecule has 0 atom stereocenters. The van der Waals surface area contributed by atoms with E-state index in [0.29, 0.717) is 12.2 Å². The molecule has 130 valence electrons. The number of aromatic nitrogens is 4. The van der Waals surface area contributed by atoms with Crippen LogP contribution in [0.3, 0.4) is 0 Å². The van der Waals surface area contributed by atoms with E-state index in [9.17, 15) is 4.79 Å². The Bertz CT molecular complexity index is 978. The molecule has 0 aliphatic rings. The number of anilines is 2. The Hall–Kier alpha value is -2.61. The highest BCUT2D eigenvalue weighted by molar-refractivity contribution is 9.10. The Morgan fingerprint density at radius 3 is 2.64 bits per heavy atom. The van der Waals surface area contributed by atoms with Crippen LogP contribution in [0.1, 0.15) is 11.1 Å². The van der Waals surface area contributed by atoms with Crippen LogP contribution >= 0.6 is 15.9 Å². The molecule has 0 amide bonds. The topological polar surface area (TPSA) is 82.0 Å². The molecule has 0 saturated heterocycles. The zero-order valence-electron chi connectivity index (χ0n) is 14.3. The molecule has 8 heteroatoms. The molecule has 2 aromatic carbocycles. The van der Waals surface area contributed by atoms with Gasteiger partial charge in [-0.05, 0) is 68.7 Å². The highest BCUT2D eigenvalue weighted by Crippen LogP contribution is 2.32. The first-order valence-electron chi connectivity index (χ1n) is 7.72. The van der Waals surface area contributed by atoms with E-state index in [0.717, 1.165) is 27.0 Å². The quantitative estimate of drug-likeness (QED) is 0.676. The summed E-state index contributed by atoms with van der Waals surface area (Å²) in [6.07, 6.45) is 0. The summed E-state index contributed by atoms with van der Waals surface area (Å²) in [5.74, 6) is 0. The first-order chi connectivity index (χ1) is 11.9. The normalized spacial score (nSPS) is 10.9. The van der Waals surface area contributed by atoms with Gasteiger partial charge < -0.3 is 10.6 Å². The van der Waals surface area contributed by atoms with Gasteiger partial charge in [-0.3, -0.25) is 0 Å². The van der Waals surface area contributed by atoms with E-state index in [1.54, 1.807) is 7.05 Å². The van der Waals surface area contributed by atoms with Crippen LogP contribution in [0.2, 0.25) is 0 Å². The van der Waals surface area contributed by atoms with Crippen LogP contribution in [0, 0.1) is 6.92 Å². The van der Waals surface area contributed by atoms with Crippen molar-refractivity contribution in [2.24, 2.45) is 7.05 Å². The van der Waals surface area contributed by atoms with E-state index in [4.69, 9.17) is 5.73 Å². The summed E-state index contributed by atoms with van der Waals surface area (Å²) in [6.45, 7) is 2.70. The Kier molecular flexibility index (Phi) is 4.63. The number of tetrazole rings is 1. The smallest absolute Gasteiger partial charge is 0.368 e. The fraction of sp³-hybridized carbons (Fsp3) is 0.235. The Morgan fingerprint density at radius 1 is 1.24 bits per heavy atom. The lowest BCUT2D eigenvalue weighted by molar-refractivity contribution is 0.692. The molecule has 0 fully saturated rings. The fourth-order valence-corrected chi connectivity index (χ4v) is 3.41. The van der Waals surface area contributed by atoms with E-state index in [1.165, 1.54) is 9.36 Å². The second-order valence-electron chi connectivity index (χ2n) is 5.95. The lowest BCUT2D eigenvalue weighted by Gasteiger charge is -2.24. The fourth-order valence-electron chi connectivity index (χ4n) is 2.75. The number of aryl methyl sites for hydroxylation is 2. The van der Waals surface area contributed by atoms with Gasteiger partial charge in [0.25, 0.3) is 0 Å². The van der Waals surface area contributed by atoms with E-state index in [1.807, 2.05) is 50.4 Å². The minimum atomic E-state index is -0.295. The maximum Gasteiger partial charge on any atom is 0.368 e. The third kappa shape index (κ3) is 3.30. The summed E-state index contributed by atoms with van der Waals surface area (Å²) in [6, 6.07) is 11.5. The van der Waals surface area contributed by atoms with Crippen LogP contribution in [0.5, 0.6) is 0 Å². The first kappa shape index (κ1) is 17.2. The SMILES string of the molecule is Cc1cc(N)ccc1CN(C)c1c(Br)cccc1-n1nnn(C)c1=O. The molecule has 0 spiro atoms. The number of halogens is 1. The Labute approximate surface area is 153 Å². The third-order valence-electron chi connectivity index (χ3n) is 4.07. The van der Waals surface area contributed by atoms with Gasteiger partial charge in [0, 0.05) is 30.8 Å². The molecule has 25 heavy (non-hydrogen) atoms. The van der Waals surface area contributed by atoms with Crippen molar-refractivity contribution in [3.05, 3.63) is 62.5 Å². The van der Waals surface area contributed by atoms with Gasteiger partial charge >= 0.3 is 5.69 Å². The molecular weight excluding hydrogens is 384 g/mol. The number of hydrogen-bond donors (Lipinski definition) is 1. The van der Waals surface area contributed by atoms with Gasteiger partial charge in [0.2, 0.25) is 0 Å². The standard InChI is InChI=1S/C17H19BrN6O/c1-11-9-13(19)8-7-12(11)10-22(2)16-14(18)5-4-6-15(16)24-17(25)23(3)20-21-24/h4-9H,10,19H2,1-3H3. The van der Waals surface area contributed by atoms with Crippen molar-refractivity contribution in [1.82, 2.24) is 19.8 Å². The highest BCUT2D eigenvalue weighted by atomic mass is 79.9. The van der Waals surface area contributed by atoms with Crippen molar-refractivity contribution in [3.63, 3.8) is 0 Å². The van der Waals surface area contributed by atoms with E-state index < -0.39 is 0 Å². The molecule has 0 aliphatic carbocycles. The minimum Gasteiger partial charge on any atom is -0.399 e. The van der Waals surface area contributed by atoms with E-state index in [-0.39, 0.29) is 5.69 Å². The summed E-state index contributed by atoms with van der Waals surface area (Å²) < 4.78 is 3.37. The summed E-state index contributed by atoms with van der Waals surface area (Å²) in [4.78, 5) is 14.3. The summed E-state index contributed by atoms with van der Waals surface area (Å²) in [5.41, 5.74) is 10.1. The van der Waals surface area contributed by atoms with Crippen LogP contribution in [0.15, 0.2) is 45.7 Å². The number of nitrogens with two attached hydrogens (primary N) is 1. The van der Waals surface area contributed by atoms with Gasteiger partial charge in [0.1, 0.15) is 0 Å². The number of nitrogen functional groups attached to an aromatic ring is 1. The average molecular weight is 403 g/mol. The number of hydrogen-bond acceptors (Lipinski definition) is 5. The van der Waals surface area contributed by atoms with Crippen molar-refractivity contribution in [2.75, 3.05) is 17.7 Å². The van der Waals surface area contributed by atoms with Crippen LogP contribution in [0.25, 0.3) is 5.69 Å². The molecule has 1 heterocycles. The van der Waals surface area contributed by atoms with Crippen LogP contribution in [-0.2, 0) is 13.6 Å². The van der Waals surface area contributed by atoms with Gasteiger partial charge in [-0.2, -0.15) is 9.36 Å². The predicted octanol–water partition coefficient (Wildman–Crippen LogP) is 2.26. The van der Waals surface area contributed by atoms with Crippen LogP contribution in [0.4, 0.5) is 11.4 Å². The number of rotatable bonds is 4. The number of benzene rings is 2. The molecule has 2 N–H and O–H groups in total. The van der Waals surface area contributed by atoms with Gasteiger partial charge in [0.05, 0.1) is 11.4 Å². The molecule has 3 aromatic rings. The lowest BCUT2D eigenvalue weighted by atomic mass is 10.1. The first-order valence-corrected chi connectivity index (χ1v) is 8.52. The van der Waals surface area contributed by atoms with E-state index >= 15 is 0 Å². The molecule has 0 unspecified atom stereocenters. The molecule has 0 radical (unpaired) electrons. The minimum absolute atomic E-state index is 0.295. The van der Waals surface area contributed by atoms with Crippen LogP contribution < -0.4 is 16.3 Å². The van der Waals surface area contributed by atoms with Crippen molar-refractivity contribution < 1.29 is 0 Å². The summed E-state index contributed by atoms with van der Waals surface area (Å²) in [5, 5.41) is 7.76. The maximum atomic E-state index is 12.3. The molecule has 1 aromatic heterocycles. The Balaban J connectivity index is 2.04. The number of nitrogens with zero attached hydrogens (tertiary/aromatic N) is 5. The van der Waals surface area contributed by atoms with Gasteiger partial charge in [-0.15, -0.1) is 0 Å². The van der Waals surface area contributed by atoms with Crippen LogP contribution in [-0.4, -0.2) is 26.8 Å². The summed E-state index contributed by atoms with van der Waals surface area (Å²) in [7, 11) is 3.55. The average Bonchev–Trinajstić information content (AvgIpc) is 2.89. The second kappa shape index (κ2) is 6.72. The molecule has 7 nitrogen and oxygen atoms in total. The second-order valence-corrected chi connectivity index (χ2v) is 6.80. The van der Waals surface area contributed by atoms with Crippen molar-refractivity contribution in [3.8, 4) is 5.69 Å². The largest absolute Gasteiger partial charge is 0.399 e. The lowest BCUT2D eigenvalue weighted by Crippen LogP contribution is -2.25. The Morgan fingerprint density at radius 2 is 2.00 bits per heavy atom. The van der Waals surface area contributed by atoms with Crippen molar-refractivity contribution >= 4 is 27.3 Å². The maximum absolute atomic E-state index is 12.3. The highest BCUT2D eigenvalue weighted by Gasteiger charge is 2.17. The van der Waals surface area contributed by atoms with Gasteiger partial charge in [0.15, 0.2) is 0 Å². The number of para-hydroxylation sites is 1. The molecule has 0 saturated carbocycles. The monoisotopic (exact) mass is 402 g/mol. The zero-order valence-corrected chi connectivity index (χ0v) is 15.9. The molecular formula is C17H19BrN6O. The zero-order chi connectivity index (χ0) is 18.1. The van der Waals surface area contributed by atoms with Gasteiger partial charge in [-0.1, -0.05) is 12.1 Å². The predicted molar refractivity (Wildman–Crippen MR) is 102 cm³/mol. The molecule has 0 aliphatic heterocycles. The molecule has 3 rings (SSSR count). The van der Waals surface area contributed by atoms with E-state index in [2.05, 4.69) is 31.3 Å². The van der Waals surface area contributed by atoms with Crippen molar-refractivity contribution in [2.45, 2.75) is 13.5 Å². The summed E-state index contributed by atoms with van der Waals surface area (Å²) >= 11 is 3.59. The third-order valence-corrected chi connectivity index (χ3v) is 4.71. The van der Waals surface area contributed by atoms with Crippen molar-refractivity contribution in [1.29, 1.82) is 0 Å². The molecule has 0 bridgehead atoms.